The summed E-state index contributed by atoms with van der Waals surface area (Å²) in [5.74, 6) is -0.946. The number of carbonyl (C=O) groups excluding carboxylic acids is 3. The van der Waals surface area contributed by atoms with Gasteiger partial charge in [0.25, 0.3) is 0 Å². The average molecular weight is 950 g/mol. The fraction of sp³-hybridized carbons (Fsp3) is 0.758. The quantitative estimate of drug-likeness (QED) is 0.0199. The molecule has 6 heteroatoms. The number of allylic oxidation sites excluding steroid dienone is 12. The van der Waals surface area contributed by atoms with Crippen LogP contribution in [0.3, 0.4) is 0 Å². The Kier molecular flexibility index (Phi) is 53.8. The molecular weight excluding hydrogens is 841 g/mol. The summed E-state index contributed by atoms with van der Waals surface area (Å²) in [5, 5.41) is 0. The normalized spacial score (nSPS) is 12.6. The van der Waals surface area contributed by atoms with Gasteiger partial charge in [0.1, 0.15) is 13.2 Å². The zero-order chi connectivity index (χ0) is 49.3. The van der Waals surface area contributed by atoms with E-state index in [1.807, 2.05) is 0 Å². The highest BCUT2D eigenvalue weighted by molar-refractivity contribution is 5.71. The van der Waals surface area contributed by atoms with Gasteiger partial charge >= 0.3 is 17.9 Å². The van der Waals surface area contributed by atoms with Gasteiger partial charge in [-0.2, -0.15) is 0 Å². The van der Waals surface area contributed by atoms with Crippen molar-refractivity contribution in [2.24, 2.45) is 0 Å². The minimum atomic E-state index is -0.804. The Balaban J connectivity index is 4.44. The largest absolute Gasteiger partial charge is 0.462 e. The van der Waals surface area contributed by atoms with E-state index >= 15 is 0 Å². The first-order valence-corrected chi connectivity index (χ1v) is 29.0. The van der Waals surface area contributed by atoms with Crippen LogP contribution in [0, 0.1) is 0 Å². The van der Waals surface area contributed by atoms with Gasteiger partial charge in [-0.3, -0.25) is 14.4 Å². The number of hydrogen-bond acceptors (Lipinski definition) is 6. The maximum atomic E-state index is 12.8. The van der Waals surface area contributed by atoms with E-state index in [9.17, 15) is 14.4 Å². The second-order valence-corrected chi connectivity index (χ2v) is 19.2. The van der Waals surface area contributed by atoms with Crippen molar-refractivity contribution in [1.29, 1.82) is 0 Å². The molecule has 0 aromatic carbocycles. The molecule has 0 saturated carbocycles. The maximum absolute atomic E-state index is 12.8. The number of rotatable bonds is 52. The minimum Gasteiger partial charge on any atom is -0.462 e. The third-order valence-electron chi connectivity index (χ3n) is 12.5. The third kappa shape index (κ3) is 53.8. The molecule has 0 aliphatic carbocycles. The van der Waals surface area contributed by atoms with Crippen LogP contribution >= 0.6 is 0 Å². The summed E-state index contributed by atoms with van der Waals surface area (Å²) in [6, 6.07) is 0. The van der Waals surface area contributed by atoms with Crippen molar-refractivity contribution in [2.75, 3.05) is 13.2 Å². The Morgan fingerprint density at radius 2 is 0.588 bits per heavy atom. The zero-order valence-corrected chi connectivity index (χ0v) is 44.9. The lowest BCUT2D eigenvalue weighted by Gasteiger charge is -2.18. The predicted molar refractivity (Wildman–Crippen MR) is 293 cm³/mol. The molecule has 0 aromatic rings. The molecule has 0 aliphatic rings. The van der Waals surface area contributed by atoms with Crippen LogP contribution in [0.15, 0.2) is 72.9 Å². The molecule has 0 aromatic heterocycles. The Hall–Kier alpha value is -3.15. The summed E-state index contributed by atoms with van der Waals surface area (Å²) >= 11 is 0. The summed E-state index contributed by atoms with van der Waals surface area (Å²) in [6.45, 7) is 6.56. The van der Waals surface area contributed by atoms with Gasteiger partial charge in [0, 0.05) is 19.3 Å². The van der Waals surface area contributed by atoms with E-state index in [-0.39, 0.29) is 37.5 Å². The molecule has 1 atom stereocenters. The van der Waals surface area contributed by atoms with Gasteiger partial charge in [-0.15, -0.1) is 0 Å². The van der Waals surface area contributed by atoms with Gasteiger partial charge in [0.05, 0.1) is 0 Å². The summed E-state index contributed by atoms with van der Waals surface area (Å²) in [4.78, 5) is 38.1. The Labute approximate surface area is 421 Å². The van der Waals surface area contributed by atoms with Crippen molar-refractivity contribution in [3.05, 3.63) is 72.9 Å². The molecule has 0 rings (SSSR count). The number of unbranched alkanes of at least 4 members (excludes halogenated alkanes) is 30. The third-order valence-corrected chi connectivity index (χ3v) is 12.5. The molecule has 1 unspecified atom stereocenters. The molecule has 0 fully saturated rings. The summed E-state index contributed by atoms with van der Waals surface area (Å²) in [6.07, 6.45) is 71.8. The fourth-order valence-electron chi connectivity index (χ4n) is 8.07. The summed E-state index contributed by atoms with van der Waals surface area (Å²) < 4.78 is 16.8. The standard InChI is InChI=1S/C62H108O6/c1-4-7-10-13-16-19-22-25-28-30-31-33-34-37-40-43-46-49-52-55-61(64)67-58-59(57-66-60(63)54-51-48-45-42-39-36-27-24-21-18-15-12-9-6-3)68-62(65)56-53-50-47-44-41-38-35-32-29-26-23-20-17-14-11-8-5-2/h16-17,19-20,22,25-26,29,35,38,44,47,59H,4-15,18,21,23-24,27-28,30-34,36-37,39-43,45-46,48-58H2,1-3H3/b19-16-,20-17-,25-22-,29-26-,38-35-,47-44-. The van der Waals surface area contributed by atoms with Crippen LogP contribution in [-0.4, -0.2) is 37.2 Å². The molecule has 68 heavy (non-hydrogen) atoms. The topological polar surface area (TPSA) is 78.9 Å². The predicted octanol–water partition coefficient (Wildman–Crippen LogP) is 19.4. The van der Waals surface area contributed by atoms with E-state index in [1.165, 1.54) is 173 Å². The van der Waals surface area contributed by atoms with Gasteiger partial charge in [-0.25, -0.2) is 0 Å². The molecule has 0 heterocycles. The Bertz CT molecular complexity index is 1270. The van der Waals surface area contributed by atoms with E-state index in [4.69, 9.17) is 14.2 Å². The number of carbonyl (C=O) groups is 3. The Morgan fingerprint density at radius 3 is 0.985 bits per heavy atom. The molecule has 0 N–H and O–H groups in total. The highest BCUT2D eigenvalue weighted by Crippen LogP contribution is 2.16. The number of ether oxygens (including phenoxy) is 3. The highest BCUT2D eigenvalue weighted by atomic mass is 16.6. The lowest BCUT2D eigenvalue weighted by molar-refractivity contribution is -0.167. The van der Waals surface area contributed by atoms with Crippen LogP contribution in [0.4, 0.5) is 0 Å². The van der Waals surface area contributed by atoms with Crippen molar-refractivity contribution in [1.82, 2.24) is 0 Å². The zero-order valence-electron chi connectivity index (χ0n) is 44.9. The van der Waals surface area contributed by atoms with Crippen molar-refractivity contribution in [2.45, 2.75) is 290 Å². The molecule has 0 saturated heterocycles. The van der Waals surface area contributed by atoms with Gasteiger partial charge in [-0.1, -0.05) is 254 Å². The second-order valence-electron chi connectivity index (χ2n) is 19.2. The van der Waals surface area contributed by atoms with E-state index in [2.05, 4.69) is 93.7 Å². The monoisotopic (exact) mass is 949 g/mol. The SMILES string of the molecule is CCCCC/C=C\C=C/CCCCCCCCCCCCC(=O)OCC(COC(=O)CCCCCCCCCCCCCCCC)OC(=O)CCC/C=C\C/C=C\C/C=C\C/C=C\CCCCC. The van der Waals surface area contributed by atoms with Gasteiger partial charge in [0.15, 0.2) is 6.10 Å². The van der Waals surface area contributed by atoms with Crippen molar-refractivity contribution < 1.29 is 28.6 Å². The smallest absolute Gasteiger partial charge is 0.306 e. The second kappa shape index (κ2) is 56.4. The van der Waals surface area contributed by atoms with Crippen LogP contribution < -0.4 is 0 Å². The van der Waals surface area contributed by atoms with Crippen LogP contribution in [0.5, 0.6) is 0 Å². The number of hydrogen-bond donors (Lipinski definition) is 0. The van der Waals surface area contributed by atoms with E-state index < -0.39 is 6.10 Å². The fourth-order valence-corrected chi connectivity index (χ4v) is 8.07. The van der Waals surface area contributed by atoms with Crippen molar-refractivity contribution >= 4 is 17.9 Å². The molecule has 392 valence electrons. The molecular formula is C62H108O6. The lowest BCUT2D eigenvalue weighted by atomic mass is 10.0. The maximum Gasteiger partial charge on any atom is 0.306 e. The number of esters is 3. The van der Waals surface area contributed by atoms with E-state index in [1.54, 1.807) is 0 Å². The Morgan fingerprint density at radius 1 is 0.309 bits per heavy atom. The molecule has 0 aliphatic heterocycles. The molecule has 0 radical (unpaired) electrons. The van der Waals surface area contributed by atoms with Crippen LogP contribution in [0.25, 0.3) is 0 Å². The van der Waals surface area contributed by atoms with Crippen LogP contribution in [0.2, 0.25) is 0 Å². The van der Waals surface area contributed by atoms with Crippen molar-refractivity contribution in [3.8, 4) is 0 Å². The van der Waals surface area contributed by atoms with Gasteiger partial charge in [0.2, 0.25) is 0 Å². The van der Waals surface area contributed by atoms with Gasteiger partial charge in [-0.05, 0) is 83.5 Å². The first-order chi connectivity index (χ1) is 33.5. The molecule has 0 amide bonds. The molecule has 0 spiro atoms. The van der Waals surface area contributed by atoms with Crippen LogP contribution in [-0.2, 0) is 28.6 Å². The van der Waals surface area contributed by atoms with Crippen LogP contribution in [0.1, 0.15) is 284 Å². The average Bonchev–Trinajstić information content (AvgIpc) is 3.34. The first kappa shape index (κ1) is 64.8. The lowest BCUT2D eigenvalue weighted by Crippen LogP contribution is -2.30. The van der Waals surface area contributed by atoms with E-state index in [0.717, 1.165) is 64.2 Å². The molecule has 6 nitrogen and oxygen atoms in total. The highest BCUT2D eigenvalue weighted by Gasteiger charge is 2.19. The van der Waals surface area contributed by atoms with E-state index in [0.29, 0.717) is 19.3 Å². The molecule has 0 bridgehead atoms. The minimum absolute atomic E-state index is 0.0957. The van der Waals surface area contributed by atoms with Crippen molar-refractivity contribution in [3.63, 3.8) is 0 Å². The summed E-state index contributed by atoms with van der Waals surface area (Å²) in [5.41, 5.74) is 0. The summed E-state index contributed by atoms with van der Waals surface area (Å²) in [7, 11) is 0. The first-order valence-electron chi connectivity index (χ1n) is 29.0. The van der Waals surface area contributed by atoms with Gasteiger partial charge < -0.3 is 14.2 Å².